The summed E-state index contributed by atoms with van der Waals surface area (Å²) in [5.41, 5.74) is 1.21. The van der Waals surface area contributed by atoms with Gasteiger partial charge in [0, 0.05) is 11.0 Å². The second-order valence-electron chi connectivity index (χ2n) is 3.96. The number of ether oxygens (including phenoxy) is 1. The largest absolute Gasteiger partial charge is 0.373 e. The van der Waals surface area contributed by atoms with E-state index in [-0.39, 0.29) is 6.10 Å². The first-order chi connectivity index (χ1) is 7.72. The molecule has 1 unspecified atom stereocenters. The maximum absolute atomic E-state index is 5.75. The van der Waals surface area contributed by atoms with Crippen molar-refractivity contribution in [1.82, 2.24) is 5.32 Å². The number of hydrogen-bond acceptors (Lipinski definition) is 2. The lowest BCUT2D eigenvalue weighted by atomic mass is 10.2. The molecule has 1 aromatic rings. The summed E-state index contributed by atoms with van der Waals surface area (Å²) in [4.78, 5) is 0. The van der Waals surface area contributed by atoms with Crippen LogP contribution < -0.4 is 5.32 Å². The molecule has 0 bridgehead atoms. The molecule has 0 heterocycles. The Morgan fingerprint density at radius 2 is 2.25 bits per heavy atom. The molecule has 16 heavy (non-hydrogen) atoms. The number of rotatable bonds is 7. The van der Waals surface area contributed by atoms with Crippen LogP contribution in [0.2, 0.25) is 0 Å². The molecule has 0 saturated carbocycles. The topological polar surface area (TPSA) is 21.3 Å². The predicted octanol–water partition coefficient (Wildman–Crippen LogP) is 3.35. The van der Waals surface area contributed by atoms with Gasteiger partial charge in [0.2, 0.25) is 0 Å². The Balaban J connectivity index is 2.23. The average molecular weight is 286 g/mol. The van der Waals surface area contributed by atoms with Gasteiger partial charge in [-0.25, -0.2) is 0 Å². The minimum Gasteiger partial charge on any atom is -0.373 e. The van der Waals surface area contributed by atoms with E-state index in [0.717, 1.165) is 17.6 Å². The van der Waals surface area contributed by atoms with Crippen molar-refractivity contribution in [3.05, 3.63) is 34.3 Å². The fraction of sp³-hybridized carbons (Fsp3) is 0.538. The molecule has 0 amide bonds. The molecule has 0 radical (unpaired) electrons. The summed E-state index contributed by atoms with van der Waals surface area (Å²) in [5.74, 6) is 0. The molecule has 90 valence electrons. The van der Waals surface area contributed by atoms with E-state index in [1.54, 1.807) is 0 Å². The summed E-state index contributed by atoms with van der Waals surface area (Å²) in [6, 6.07) is 8.22. The Labute approximate surface area is 107 Å². The third-order valence-corrected chi connectivity index (χ3v) is 2.78. The summed E-state index contributed by atoms with van der Waals surface area (Å²) in [5, 5.41) is 3.35. The van der Waals surface area contributed by atoms with Gasteiger partial charge in [-0.3, -0.25) is 0 Å². The molecule has 1 atom stereocenters. The van der Waals surface area contributed by atoms with Crippen LogP contribution in [-0.4, -0.2) is 19.2 Å². The lowest BCUT2D eigenvalue weighted by Crippen LogP contribution is -2.27. The highest BCUT2D eigenvalue weighted by atomic mass is 79.9. The average Bonchev–Trinajstić information content (AvgIpc) is 2.27. The minimum absolute atomic E-state index is 0.255. The van der Waals surface area contributed by atoms with E-state index in [1.165, 1.54) is 12.0 Å². The molecule has 0 aliphatic rings. The zero-order valence-corrected chi connectivity index (χ0v) is 11.6. The van der Waals surface area contributed by atoms with Crippen molar-refractivity contribution in [3.8, 4) is 0 Å². The van der Waals surface area contributed by atoms with Crippen LogP contribution in [0.25, 0.3) is 0 Å². The van der Waals surface area contributed by atoms with E-state index >= 15 is 0 Å². The number of nitrogens with one attached hydrogen (secondary N) is 1. The summed E-state index contributed by atoms with van der Waals surface area (Å²) >= 11 is 3.45. The van der Waals surface area contributed by atoms with Crippen molar-refractivity contribution >= 4 is 15.9 Å². The van der Waals surface area contributed by atoms with Crippen LogP contribution in [0.4, 0.5) is 0 Å². The van der Waals surface area contributed by atoms with Crippen LogP contribution in [0.15, 0.2) is 28.7 Å². The van der Waals surface area contributed by atoms with Gasteiger partial charge in [-0.1, -0.05) is 35.0 Å². The van der Waals surface area contributed by atoms with Gasteiger partial charge in [0.05, 0.1) is 12.7 Å². The van der Waals surface area contributed by atoms with Gasteiger partial charge in [0.1, 0.15) is 0 Å². The van der Waals surface area contributed by atoms with Crippen LogP contribution >= 0.6 is 15.9 Å². The van der Waals surface area contributed by atoms with Crippen molar-refractivity contribution in [3.63, 3.8) is 0 Å². The van der Waals surface area contributed by atoms with Gasteiger partial charge in [0.25, 0.3) is 0 Å². The number of hydrogen-bond donors (Lipinski definition) is 1. The second kappa shape index (κ2) is 7.82. The monoisotopic (exact) mass is 285 g/mol. The van der Waals surface area contributed by atoms with Crippen molar-refractivity contribution in [2.45, 2.75) is 33.0 Å². The van der Waals surface area contributed by atoms with Crippen molar-refractivity contribution in [2.75, 3.05) is 13.1 Å². The van der Waals surface area contributed by atoms with E-state index in [4.69, 9.17) is 4.74 Å². The second-order valence-corrected chi connectivity index (χ2v) is 4.87. The van der Waals surface area contributed by atoms with Crippen LogP contribution in [0.3, 0.4) is 0 Å². The molecule has 0 aliphatic carbocycles. The van der Waals surface area contributed by atoms with E-state index in [2.05, 4.69) is 47.2 Å². The molecule has 1 rings (SSSR count). The summed E-state index contributed by atoms with van der Waals surface area (Å²) in [7, 11) is 0. The Morgan fingerprint density at radius 3 is 2.94 bits per heavy atom. The van der Waals surface area contributed by atoms with E-state index in [9.17, 15) is 0 Å². The van der Waals surface area contributed by atoms with Crippen molar-refractivity contribution < 1.29 is 4.74 Å². The van der Waals surface area contributed by atoms with E-state index < -0.39 is 0 Å². The van der Waals surface area contributed by atoms with Gasteiger partial charge in [0.15, 0.2) is 0 Å². The molecule has 3 heteroatoms. The van der Waals surface area contributed by atoms with E-state index in [0.29, 0.717) is 6.61 Å². The van der Waals surface area contributed by atoms with Crippen molar-refractivity contribution in [2.24, 2.45) is 0 Å². The molecule has 1 N–H and O–H groups in total. The zero-order chi connectivity index (χ0) is 11.8. The lowest BCUT2D eigenvalue weighted by Gasteiger charge is -2.13. The standard InChI is InChI=1S/C13H20BrNO/c1-3-7-15-9-11(2)16-10-12-5-4-6-13(14)8-12/h4-6,8,11,15H,3,7,9-10H2,1-2H3. The normalized spacial score (nSPS) is 12.7. The van der Waals surface area contributed by atoms with Gasteiger partial charge >= 0.3 is 0 Å². The molecule has 2 nitrogen and oxygen atoms in total. The zero-order valence-electron chi connectivity index (χ0n) is 10.0. The summed E-state index contributed by atoms with van der Waals surface area (Å²) in [6.45, 7) is 6.92. The molecule has 0 aromatic heterocycles. The Hall–Kier alpha value is -0.380. The molecule has 0 spiro atoms. The first-order valence-electron chi connectivity index (χ1n) is 5.79. The SMILES string of the molecule is CCCNCC(C)OCc1cccc(Br)c1. The maximum atomic E-state index is 5.75. The predicted molar refractivity (Wildman–Crippen MR) is 71.6 cm³/mol. The van der Waals surface area contributed by atoms with Crippen molar-refractivity contribution in [1.29, 1.82) is 0 Å². The first kappa shape index (κ1) is 13.7. The van der Waals surface area contributed by atoms with E-state index in [1.807, 2.05) is 12.1 Å². The molecule has 1 aromatic carbocycles. The highest BCUT2D eigenvalue weighted by molar-refractivity contribution is 9.10. The Bertz CT molecular complexity index is 304. The molecule has 0 saturated heterocycles. The lowest BCUT2D eigenvalue weighted by molar-refractivity contribution is 0.0533. The molecular formula is C13H20BrNO. The third kappa shape index (κ3) is 5.64. The maximum Gasteiger partial charge on any atom is 0.0721 e. The minimum atomic E-state index is 0.255. The fourth-order valence-corrected chi connectivity index (χ4v) is 1.85. The number of halogens is 1. The van der Waals surface area contributed by atoms with Gasteiger partial charge in [-0.2, -0.15) is 0 Å². The van der Waals surface area contributed by atoms with Crippen LogP contribution in [0.1, 0.15) is 25.8 Å². The fourth-order valence-electron chi connectivity index (χ4n) is 1.41. The van der Waals surface area contributed by atoms with Gasteiger partial charge < -0.3 is 10.1 Å². The first-order valence-corrected chi connectivity index (χ1v) is 6.58. The highest BCUT2D eigenvalue weighted by Crippen LogP contribution is 2.12. The highest BCUT2D eigenvalue weighted by Gasteiger charge is 2.02. The Morgan fingerprint density at radius 1 is 1.44 bits per heavy atom. The van der Waals surface area contributed by atoms with Crippen LogP contribution in [0, 0.1) is 0 Å². The van der Waals surface area contributed by atoms with Crippen LogP contribution in [-0.2, 0) is 11.3 Å². The summed E-state index contributed by atoms with van der Waals surface area (Å²) in [6.07, 6.45) is 1.42. The third-order valence-electron chi connectivity index (χ3n) is 2.28. The quantitative estimate of drug-likeness (QED) is 0.776. The van der Waals surface area contributed by atoms with Crippen LogP contribution in [0.5, 0.6) is 0 Å². The molecular weight excluding hydrogens is 266 g/mol. The Kier molecular flexibility index (Phi) is 6.69. The smallest absolute Gasteiger partial charge is 0.0721 e. The molecule has 0 aliphatic heterocycles. The summed E-state index contributed by atoms with van der Waals surface area (Å²) < 4.78 is 6.85. The molecule has 0 fully saturated rings. The number of benzene rings is 1. The van der Waals surface area contributed by atoms with Gasteiger partial charge in [-0.15, -0.1) is 0 Å². The van der Waals surface area contributed by atoms with Gasteiger partial charge in [-0.05, 0) is 37.6 Å².